The van der Waals surface area contributed by atoms with Crippen molar-refractivity contribution in [1.82, 2.24) is 0 Å². The molecule has 1 aliphatic carbocycles. The lowest BCUT2D eigenvalue weighted by molar-refractivity contribution is -0.170. The second-order valence-corrected chi connectivity index (χ2v) is 5.20. The Balaban J connectivity index is 1.59. The first-order chi connectivity index (χ1) is 7.88. The van der Waals surface area contributed by atoms with Gasteiger partial charge in [-0.1, -0.05) is 0 Å². The van der Waals surface area contributed by atoms with E-state index in [1.165, 1.54) is 25.7 Å². The van der Waals surface area contributed by atoms with Gasteiger partial charge in [-0.2, -0.15) is 0 Å². The fourth-order valence-corrected chi connectivity index (χ4v) is 2.67. The van der Waals surface area contributed by atoms with E-state index >= 15 is 0 Å². The van der Waals surface area contributed by atoms with Gasteiger partial charge < -0.3 is 14.6 Å². The van der Waals surface area contributed by atoms with Gasteiger partial charge in [-0.15, -0.1) is 0 Å². The number of hydrogen-bond acceptors (Lipinski definition) is 3. The van der Waals surface area contributed by atoms with Crippen molar-refractivity contribution >= 4 is 0 Å². The van der Waals surface area contributed by atoms with E-state index in [1.807, 2.05) is 0 Å². The number of aliphatic hydroxyl groups is 1. The summed E-state index contributed by atoms with van der Waals surface area (Å²) in [7, 11) is 0. The molecule has 2 aliphatic rings. The van der Waals surface area contributed by atoms with Crippen molar-refractivity contribution in [3.63, 3.8) is 0 Å². The highest BCUT2D eigenvalue weighted by Crippen LogP contribution is 2.29. The molecule has 1 heterocycles. The molecule has 0 amide bonds. The maximum Gasteiger partial charge on any atom is 0.157 e. The molecular weight excluding hydrogens is 204 g/mol. The minimum atomic E-state index is 0.0596. The first-order valence-corrected chi connectivity index (χ1v) is 6.72. The van der Waals surface area contributed by atoms with Gasteiger partial charge in [0.15, 0.2) is 6.29 Å². The molecule has 2 rings (SSSR count). The van der Waals surface area contributed by atoms with E-state index in [0.717, 1.165) is 32.5 Å². The van der Waals surface area contributed by atoms with E-state index in [0.29, 0.717) is 18.4 Å². The third kappa shape index (κ3) is 3.72. The second-order valence-electron chi connectivity index (χ2n) is 5.20. The smallest absolute Gasteiger partial charge is 0.157 e. The highest BCUT2D eigenvalue weighted by molar-refractivity contribution is 4.72. The minimum Gasteiger partial charge on any atom is -0.396 e. The van der Waals surface area contributed by atoms with Gasteiger partial charge in [-0.3, -0.25) is 0 Å². The van der Waals surface area contributed by atoms with Gasteiger partial charge in [0.05, 0.1) is 6.61 Å². The zero-order valence-corrected chi connectivity index (χ0v) is 10.1. The number of hydrogen-bond donors (Lipinski definition) is 1. The van der Waals surface area contributed by atoms with Gasteiger partial charge in [0.25, 0.3) is 0 Å². The normalized spacial score (nSPS) is 36.2. The number of ether oxygens (including phenoxy) is 2. The van der Waals surface area contributed by atoms with Crippen molar-refractivity contribution in [2.45, 2.75) is 51.2 Å². The first-order valence-electron chi connectivity index (χ1n) is 6.72. The molecule has 16 heavy (non-hydrogen) atoms. The fourth-order valence-electron chi connectivity index (χ4n) is 2.67. The van der Waals surface area contributed by atoms with Gasteiger partial charge in [-0.25, -0.2) is 0 Å². The van der Waals surface area contributed by atoms with E-state index in [9.17, 15) is 0 Å². The maximum absolute atomic E-state index is 9.06. The van der Waals surface area contributed by atoms with E-state index in [1.54, 1.807) is 0 Å². The molecule has 1 N–H and O–H groups in total. The Labute approximate surface area is 98.1 Å². The Morgan fingerprint density at radius 2 is 1.75 bits per heavy atom. The number of aliphatic hydroxyl groups excluding tert-OH is 1. The molecule has 3 nitrogen and oxygen atoms in total. The van der Waals surface area contributed by atoms with Crippen molar-refractivity contribution in [3.8, 4) is 0 Å². The molecular formula is C13H24O3. The van der Waals surface area contributed by atoms with Crippen LogP contribution < -0.4 is 0 Å². The van der Waals surface area contributed by atoms with Crippen LogP contribution in [0.2, 0.25) is 0 Å². The molecule has 0 radical (unpaired) electrons. The van der Waals surface area contributed by atoms with Crippen LogP contribution in [-0.2, 0) is 9.47 Å². The Hall–Kier alpha value is -0.120. The van der Waals surface area contributed by atoms with Crippen LogP contribution in [0.15, 0.2) is 0 Å². The van der Waals surface area contributed by atoms with Crippen LogP contribution in [0.25, 0.3) is 0 Å². The summed E-state index contributed by atoms with van der Waals surface area (Å²) in [5, 5.41) is 9.06. The maximum atomic E-state index is 9.06. The molecule has 1 aliphatic heterocycles. The van der Waals surface area contributed by atoms with Crippen LogP contribution in [0.3, 0.4) is 0 Å². The molecule has 3 heteroatoms. The average Bonchev–Trinajstić information content (AvgIpc) is 2.38. The van der Waals surface area contributed by atoms with Gasteiger partial charge in [-0.05, 0) is 56.8 Å². The van der Waals surface area contributed by atoms with Crippen molar-refractivity contribution in [3.05, 3.63) is 0 Å². The van der Waals surface area contributed by atoms with Crippen LogP contribution in [0, 0.1) is 11.8 Å². The van der Waals surface area contributed by atoms with Gasteiger partial charge in [0, 0.05) is 13.2 Å². The largest absolute Gasteiger partial charge is 0.396 e. The standard InChI is InChI=1S/C13H24O3/c14-9-11-4-6-12(7-5-11)10-16-13-3-1-2-8-15-13/h11-14H,1-10H2/t11-,12+,13?. The lowest BCUT2D eigenvalue weighted by Gasteiger charge is -2.29. The van der Waals surface area contributed by atoms with Crippen molar-refractivity contribution in [1.29, 1.82) is 0 Å². The van der Waals surface area contributed by atoms with Crippen molar-refractivity contribution in [2.75, 3.05) is 19.8 Å². The van der Waals surface area contributed by atoms with Crippen LogP contribution in [0.5, 0.6) is 0 Å². The summed E-state index contributed by atoms with van der Waals surface area (Å²) >= 11 is 0. The lowest BCUT2D eigenvalue weighted by atomic mass is 9.83. The summed E-state index contributed by atoms with van der Waals surface area (Å²) < 4.78 is 11.4. The summed E-state index contributed by atoms with van der Waals surface area (Å²) in [4.78, 5) is 0. The zero-order valence-electron chi connectivity index (χ0n) is 10.1. The quantitative estimate of drug-likeness (QED) is 0.802. The molecule has 2 fully saturated rings. The third-order valence-electron chi connectivity index (χ3n) is 3.88. The van der Waals surface area contributed by atoms with Crippen LogP contribution >= 0.6 is 0 Å². The summed E-state index contributed by atoms with van der Waals surface area (Å²) in [6.45, 7) is 2.07. The highest BCUT2D eigenvalue weighted by Gasteiger charge is 2.22. The van der Waals surface area contributed by atoms with Crippen LogP contribution in [0.4, 0.5) is 0 Å². The minimum absolute atomic E-state index is 0.0596. The predicted octanol–water partition coefficient (Wildman–Crippen LogP) is 2.33. The fraction of sp³-hybridized carbons (Fsp3) is 1.00. The van der Waals surface area contributed by atoms with E-state index < -0.39 is 0 Å². The topological polar surface area (TPSA) is 38.7 Å². The van der Waals surface area contributed by atoms with Crippen molar-refractivity contribution in [2.24, 2.45) is 11.8 Å². The Morgan fingerprint density at radius 3 is 2.38 bits per heavy atom. The monoisotopic (exact) mass is 228 g/mol. The van der Waals surface area contributed by atoms with Gasteiger partial charge in [0.1, 0.15) is 0 Å². The molecule has 1 atom stereocenters. The molecule has 1 unspecified atom stereocenters. The van der Waals surface area contributed by atoms with Crippen LogP contribution in [-0.4, -0.2) is 31.2 Å². The molecule has 0 aromatic heterocycles. The van der Waals surface area contributed by atoms with E-state index in [4.69, 9.17) is 14.6 Å². The summed E-state index contributed by atoms with van der Waals surface area (Å²) in [5.41, 5.74) is 0. The summed E-state index contributed by atoms with van der Waals surface area (Å²) in [6, 6.07) is 0. The molecule has 1 saturated heterocycles. The van der Waals surface area contributed by atoms with E-state index in [-0.39, 0.29) is 6.29 Å². The Bertz CT molecular complexity index is 182. The SMILES string of the molecule is OC[C@H]1CC[C@@H](COC2CCCCO2)CC1. The summed E-state index contributed by atoms with van der Waals surface area (Å²) in [6.07, 6.45) is 8.28. The molecule has 0 spiro atoms. The molecule has 0 bridgehead atoms. The molecule has 0 aromatic rings. The van der Waals surface area contributed by atoms with Gasteiger partial charge in [0.2, 0.25) is 0 Å². The third-order valence-corrected chi connectivity index (χ3v) is 3.88. The Morgan fingerprint density at radius 1 is 1.00 bits per heavy atom. The zero-order chi connectivity index (χ0) is 11.2. The summed E-state index contributed by atoms with van der Waals surface area (Å²) in [5.74, 6) is 1.23. The number of rotatable bonds is 4. The van der Waals surface area contributed by atoms with E-state index in [2.05, 4.69) is 0 Å². The molecule has 0 aromatic carbocycles. The van der Waals surface area contributed by atoms with Crippen LogP contribution in [0.1, 0.15) is 44.9 Å². The predicted molar refractivity (Wildman–Crippen MR) is 62.1 cm³/mol. The Kier molecular flexibility index (Phi) is 5.07. The lowest BCUT2D eigenvalue weighted by Crippen LogP contribution is -2.27. The highest BCUT2D eigenvalue weighted by atomic mass is 16.7. The molecule has 1 saturated carbocycles. The first kappa shape index (κ1) is 12.3. The molecule has 94 valence electrons. The second kappa shape index (κ2) is 6.58. The average molecular weight is 228 g/mol. The van der Waals surface area contributed by atoms with Crippen molar-refractivity contribution < 1.29 is 14.6 Å². The van der Waals surface area contributed by atoms with Gasteiger partial charge >= 0.3 is 0 Å².